The Kier molecular flexibility index (Phi) is 3.27. The van der Waals surface area contributed by atoms with Crippen molar-refractivity contribution in [3.63, 3.8) is 0 Å². The van der Waals surface area contributed by atoms with Crippen molar-refractivity contribution in [2.24, 2.45) is 0 Å². The lowest BCUT2D eigenvalue weighted by Gasteiger charge is -2.35. The number of nitrogens with zero attached hydrogens (tertiary/aromatic N) is 6. The fraction of sp³-hybridized carbons (Fsp3) is 0.462. The van der Waals surface area contributed by atoms with Gasteiger partial charge >= 0.3 is 0 Å². The largest absolute Gasteiger partial charge is 0.395 e. The summed E-state index contributed by atoms with van der Waals surface area (Å²) in [5.74, 6) is 0. The van der Waals surface area contributed by atoms with Crippen LogP contribution in [-0.4, -0.2) is 58.1 Å². The molecule has 1 aliphatic rings. The van der Waals surface area contributed by atoms with Crippen molar-refractivity contribution in [3.05, 3.63) is 24.3 Å². The van der Waals surface area contributed by atoms with Crippen LogP contribution in [0.1, 0.15) is 5.69 Å². The van der Waals surface area contributed by atoms with E-state index in [1.807, 2.05) is 19.3 Å². The summed E-state index contributed by atoms with van der Waals surface area (Å²) in [7, 11) is 2.14. The van der Waals surface area contributed by atoms with E-state index in [-0.39, 0.29) is 0 Å². The minimum atomic E-state index is 0.659. The number of aromatic nitrogens is 4. The Morgan fingerprint density at radius 1 is 1.20 bits per heavy atom. The van der Waals surface area contributed by atoms with Gasteiger partial charge in [0.05, 0.1) is 35.7 Å². The van der Waals surface area contributed by atoms with Gasteiger partial charge in [0.15, 0.2) is 0 Å². The van der Waals surface area contributed by atoms with E-state index in [1.165, 1.54) is 0 Å². The van der Waals surface area contributed by atoms with Crippen LogP contribution in [0.2, 0.25) is 0 Å². The highest BCUT2D eigenvalue weighted by molar-refractivity contribution is 5.75. The first-order chi connectivity index (χ1) is 9.66. The molecule has 0 aliphatic carbocycles. The maximum atomic E-state index is 6.22. The highest BCUT2D eigenvalue weighted by atomic mass is 15.4. The van der Waals surface area contributed by atoms with Gasteiger partial charge in [-0.3, -0.25) is 4.98 Å². The fourth-order valence-electron chi connectivity index (χ4n) is 2.45. The molecule has 1 saturated heterocycles. The summed E-state index contributed by atoms with van der Waals surface area (Å²) in [6.07, 6.45) is 5.35. The van der Waals surface area contributed by atoms with Gasteiger partial charge in [0.2, 0.25) is 0 Å². The second-order valence-electron chi connectivity index (χ2n) is 5.13. The lowest BCUT2D eigenvalue weighted by atomic mass is 10.2. The smallest absolute Gasteiger partial charge is 0.116 e. The maximum Gasteiger partial charge on any atom is 0.116 e. The SMILES string of the molecule is Cc1ncc(N2CCN(C)CC2)c(-n2ccnn2)c1N. The molecule has 3 heterocycles. The van der Waals surface area contributed by atoms with E-state index in [0.29, 0.717) is 5.69 Å². The van der Waals surface area contributed by atoms with Crippen LogP contribution in [-0.2, 0) is 0 Å². The van der Waals surface area contributed by atoms with Gasteiger partial charge in [-0.15, -0.1) is 5.10 Å². The lowest BCUT2D eigenvalue weighted by molar-refractivity contribution is 0.312. The van der Waals surface area contributed by atoms with Crippen LogP contribution in [0.15, 0.2) is 18.6 Å². The number of anilines is 2. The minimum Gasteiger partial charge on any atom is -0.395 e. The molecule has 1 fully saturated rings. The zero-order chi connectivity index (χ0) is 14.1. The molecule has 0 atom stereocenters. The van der Waals surface area contributed by atoms with Gasteiger partial charge in [-0.05, 0) is 14.0 Å². The van der Waals surface area contributed by atoms with Crippen LogP contribution >= 0.6 is 0 Å². The monoisotopic (exact) mass is 273 g/mol. The standard InChI is InChI=1S/C13H19N7/c1-10-12(14)13(20-4-3-16-17-20)11(9-15-10)19-7-5-18(2)6-8-19/h3-4,9H,5-8,14H2,1-2H3. The summed E-state index contributed by atoms with van der Waals surface area (Å²) in [4.78, 5) is 9.02. The zero-order valence-electron chi connectivity index (χ0n) is 11.8. The molecule has 1 aliphatic heterocycles. The number of nitrogens with two attached hydrogens (primary N) is 1. The molecule has 2 aromatic rings. The van der Waals surface area contributed by atoms with Crippen molar-refractivity contribution in [1.29, 1.82) is 0 Å². The van der Waals surface area contributed by atoms with Crippen molar-refractivity contribution >= 4 is 11.4 Å². The molecule has 0 radical (unpaired) electrons. The van der Waals surface area contributed by atoms with E-state index in [9.17, 15) is 0 Å². The van der Waals surface area contributed by atoms with Gasteiger partial charge < -0.3 is 15.5 Å². The summed E-state index contributed by atoms with van der Waals surface area (Å²) in [5.41, 5.74) is 9.59. The molecule has 7 nitrogen and oxygen atoms in total. The molecule has 106 valence electrons. The summed E-state index contributed by atoms with van der Waals surface area (Å²) >= 11 is 0. The Balaban J connectivity index is 2.05. The third-order valence-electron chi connectivity index (χ3n) is 3.76. The Morgan fingerprint density at radius 2 is 1.95 bits per heavy atom. The Hall–Kier alpha value is -2.15. The van der Waals surface area contributed by atoms with E-state index in [0.717, 1.165) is 43.2 Å². The van der Waals surface area contributed by atoms with Crippen LogP contribution in [0.5, 0.6) is 0 Å². The first-order valence-electron chi connectivity index (χ1n) is 6.72. The number of hydrogen-bond donors (Lipinski definition) is 1. The highest BCUT2D eigenvalue weighted by Crippen LogP contribution is 2.30. The molecular formula is C13H19N7. The molecule has 0 bridgehead atoms. The van der Waals surface area contributed by atoms with E-state index in [2.05, 4.69) is 32.1 Å². The van der Waals surface area contributed by atoms with Crippen molar-refractivity contribution in [3.8, 4) is 5.69 Å². The van der Waals surface area contributed by atoms with E-state index >= 15 is 0 Å². The first kappa shape index (κ1) is 12.9. The predicted octanol–water partition coefficient (Wildman–Crippen LogP) is 0.305. The quantitative estimate of drug-likeness (QED) is 0.848. The summed E-state index contributed by atoms with van der Waals surface area (Å²) in [5, 5.41) is 7.96. The van der Waals surface area contributed by atoms with Gasteiger partial charge in [-0.25, -0.2) is 4.68 Å². The van der Waals surface area contributed by atoms with Gasteiger partial charge in [-0.1, -0.05) is 5.21 Å². The van der Waals surface area contributed by atoms with Crippen molar-refractivity contribution in [1.82, 2.24) is 24.9 Å². The van der Waals surface area contributed by atoms with Crippen LogP contribution in [0.25, 0.3) is 5.69 Å². The Bertz CT molecular complexity index is 585. The third kappa shape index (κ3) is 2.20. The first-order valence-corrected chi connectivity index (χ1v) is 6.72. The Morgan fingerprint density at radius 3 is 2.60 bits per heavy atom. The number of hydrogen-bond acceptors (Lipinski definition) is 6. The fourth-order valence-corrected chi connectivity index (χ4v) is 2.45. The molecule has 0 amide bonds. The van der Waals surface area contributed by atoms with Gasteiger partial charge in [0.25, 0.3) is 0 Å². The normalized spacial score (nSPS) is 16.6. The third-order valence-corrected chi connectivity index (χ3v) is 3.76. The second kappa shape index (κ2) is 5.09. The van der Waals surface area contributed by atoms with Crippen LogP contribution in [0.3, 0.4) is 0 Å². The molecular weight excluding hydrogens is 254 g/mol. The maximum absolute atomic E-state index is 6.22. The van der Waals surface area contributed by atoms with Crippen LogP contribution in [0, 0.1) is 6.92 Å². The molecule has 0 saturated carbocycles. The van der Waals surface area contributed by atoms with Gasteiger partial charge in [-0.2, -0.15) is 0 Å². The second-order valence-corrected chi connectivity index (χ2v) is 5.13. The molecule has 2 N–H and O–H groups in total. The van der Waals surface area contributed by atoms with Crippen molar-refractivity contribution in [2.75, 3.05) is 43.9 Å². The summed E-state index contributed by atoms with van der Waals surface area (Å²) in [6.45, 7) is 5.89. The minimum absolute atomic E-state index is 0.659. The predicted molar refractivity (Wildman–Crippen MR) is 78.0 cm³/mol. The molecule has 0 spiro atoms. The summed E-state index contributed by atoms with van der Waals surface area (Å²) in [6, 6.07) is 0. The van der Waals surface area contributed by atoms with Gasteiger partial charge in [0, 0.05) is 26.2 Å². The van der Waals surface area contributed by atoms with E-state index < -0.39 is 0 Å². The molecule has 7 heteroatoms. The van der Waals surface area contributed by atoms with E-state index in [1.54, 1.807) is 10.9 Å². The number of piperazine rings is 1. The van der Waals surface area contributed by atoms with Crippen LogP contribution in [0.4, 0.5) is 11.4 Å². The van der Waals surface area contributed by atoms with Gasteiger partial charge in [0.1, 0.15) is 5.69 Å². The van der Waals surface area contributed by atoms with Crippen molar-refractivity contribution < 1.29 is 0 Å². The molecule has 2 aromatic heterocycles. The highest BCUT2D eigenvalue weighted by Gasteiger charge is 2.21. The molecule has 3 rings (SSSR count). The zero-order valence-corrected chi connectivity index (χ0v) is 11.8. The molecule has 0 aromatic carbocycles. The number of pyridine rings is 1. The average molecular weight is 273 g/mol. The average Bonchev–Trinajstić information content (AvgIpc) is 2.96. The summed E-state index contributed by atoms with van der Waals surface area (Å²) < 4.78 is 1.72. The molecule has 0 unspecified atom stereocenters. The van der Waals surface area contributed by atoms with Crippen LogP contribution < -0.4 is 10.6 Å². The Labute approximate surface area is 118 Å². The van der Waals surface area contributed by atoms with E-state index in [4.69, 9.17) is 5.73 Å². The number of aryl methyl sites for hydroxylation is 1. The molecule has 20 heavy (non-hydrogen) atoms. The topological polar surface area (TPSA) is 76.1 Å². The number of likely N-dealkylation sites (N-methyl/N-ethyl adjacent to an activating group) is 1. The number of rotatable bonds is 2. The number of nitrogen functional groups attached to an aromatic ring is 1. The lowest BCUT2D eigenvalue weighted by Crippen LogP contribution is -2.45. The van der Waals surface area contributed by atoms with Crippen molar-refractivity contribution in [2.45, 2.75) is 6.92 Å².